The summed E-state index contributed by atoms with van der Waals surface area (Å²) in [4.78, 5) is 1.34. The van der Waals surface area contributed by atoms with Crippen LogP contribution < -0.4 is 0 Å². The number of benzene rings is 1. The number of nitrogens with zero attached hydrogens (tertiary/aromatic N) is 1. The molecule has 0 aliphatic rings. The fourth-order valence-corrected chi connectivity index (χ4v) is 11.9. The van der Waals surface area contributed by atoms with Crippen molar-refractivity contribution in [1.29, 1.82) is 0 Å². The lowest BCUT2D eigenvalue weighted by molar-refractivity contribution is 1.70. The van der Waals surface area contributed by atoms with Crippen LogP contribution in [0.25, 0.3) is 4.90 Å². The van der Waals surface area contributed by atoms with Crippen LogP contribution in [0.2, 0.25) is 0 Å². The van der Waals surface area contributed by atoms with E-state index in [2.05, 4.69) is 37.1 Å². The zero-order chi connectivity index (χ0) is 8.39. The second-order valence-electron chi connectivity index (χ2n) is 2.01. The maximum absolute atomic E-state index is 4.37. The van der Waals surface area contributed by atoms with Crippen LogP contribution in [0.3, 0.4) is 0 Å². The molecule has 0 fully saturated rings. The predicted octanol–water partition coefficient (Wildman–Crippen LogP) is 4.23. The Morgan fingerprint density at radius 3 is 2.58 bits per heavy atom. The molecule has 6 heteroatoms. The van der Waals surface area contributed by atoms with Crippen LogP contribution in [0.15, 0.2) is 30.3 Å². The van der Waals surface area contributed by atoms with Crippen molar-refractivity contribution in [2.24, 2.45) is 0 Å². The van der Waals surface area contributed by atoms with Gasteiger partial charge in [0.15, 0.2) is 9.34 Å². The van der Waals surface area contributed by atoms with E-state index in [-0.39, 0.29) is 9.67 Å². The SMILES string of the molecule is Sn1sss[s+]1-c1ccccc1. The van der Waals surface area contributed by atoms with Crippen LogP contribution >= 0.6 is 51.7 Å². The minimum atomic E-state index is 0.105. The van der Waals surface area contributed by atoms with Gasteiger partial charge in [0.2, 0.25) is 9.34 Å². The summed E-state index contributed by atoms with van der Waals surface area (Å²) < 4.78 is 2.00. The third-order valence-electron chi connectivity index (χ3n) is 1.27. The van der Waals surface area contributed by atoms with Crippen LogP contribution in [0.1, 0.15) is 0 Å². The van der Waals surface area contributed by atoms with Crippen LogP contribution in [-0.4, -0.2) is 2.75 Å². The van der Waals surface area contributed by atoms with Crippen molar-refractivity contribution < 1.29 is 0 Å². The third-order valence-corrected chi connectivity index (χ3v) is 11.2. The van der Waals surface area contributed by atoms with Crippen LogP contribution in [0.4, 0.5) is 0 Å². The molecule has 0 saturated carbocycles. The van der Waals surface area contributed by atoms with E-state index in [0.717, 1.165) is 0 Å². The molecule has 2 rings (SSSR count). The van der Waals surface area contributed by atoms with Crippen molar-refractivity contribution in [1.82, 2.24) is 2.75 Å². The van der Waals surface area contributed by atoms with E-state index >= 15 is 0 Å². The lowest BCUT2D eigenvalue weighted by Crippen LogP contribution is -1.71. The lowest BCUT2D eigenvalue weighted by Gasteiger charge is -1.91. The van der Waals surface area contributed by atoms with Crippen LogP contribution in [0.5, 0.6) is 0 Å². The van der Waals surface area contributed by atoms with Gasteiger partial charge in [0, 0.05) is 0 Å². The maximum Gasteiger partial charge on any atom is 0.271 e. The van der Waals surface area contributed by atoms with E-state index in [1.54, 1.807) is 19.9 Å². The third kappa shape index (κ3) is 1.77. The van der Waals surface area contributed by atoms with Gasteiger partial charge in [0.1, 0.15) is 4.90 Å². The second kappa shape index (κ2) is 3.97. The highest BCUT2D eigenvalue weighted by atomic mass is 33.4. The van der Waals surface area contributed by atoms with Gasteiger partial charge in [-0.25, -0.2) is 0 Å². The Kier molecular flexibility index (Phi) is 2.92. The van der Waals surface area contributed by atoms with Gasteiger partial charge in [-0.3, -0.25) is 0 Å². The summed E-state index contributed by atoms with van der Waals surface area (Å²) in [6, 6.07) is 10.5. The van der Waals surface area contributed by atoms with Gasteiger partial charge >= 0.3 is 0 Å². The van der Waals surface area contributed by atoms with Gasteiger partial charge in [-0.05, 0) is 24.9 Å². The molecule has 1 heterocycles. The molecule has 0 saturated heterocycles. The van der Waals surface area contributed by atoms with Gasteiger partial charge < -0.3 is 0 Å². The number of hydrogen-bond acceptors (Lipinski definition) is 4. The van der Waals surface area contributed by atoms with Crippen molar-refractivity contribution in [3.05, 3.63) is 30.3 Å². The summed E-state index contributed by atoms with van der Waals surface area (Å²) in [5.74, 6) is 0. The smallest absolute Gasteiger partial charge is 0.0641 e. The maximum atomic E-state index is 4.37. The number of thiol groups is 1. The topological polar surface area (TPSA) is 4.93 Å². The first-order valence-electron chi connectivity index (χ1n) is 3.18. The zero-order valence-electron chi connectivity index (χ0n) is 5.91. The monoisotopic (exact) mass is 252 g/mol. The molecule has 0 radical (unpaired) electrons. The van der Waals surface area contributed by atoms with E-state index in [1.807, 2.05) is 18.2 Å². The Labute approximate surface area is 89.2 Å². The minimum absolute atomic E-state index is 0.105. The molecule has 12 heavy (non-hydrogen) atoms. The molecule has 1 atom stereocenters. The van der Waals surface area contributed by atoms with E-state index in [4.69, 9.17) is 0 Å². The minimum Gasteiger partial charge on any atom is -0.0641 e. The molecule has 0 bridgehead atoms. The largest absolute Gasteiger partial charge is 0.271 e. The highest BCUT2D eigenvalue weighted by Gasteiger charge is 2.10. The molecule has 0 amide bonds. The van der Waals surface area contributed by atoms with Gasteiger partial charge in [-0.2, -0.15) is 0 Å². The van der Waals surface area contributed by atoms with Gasteiger partial charge in [0.25, 0.3) is 10.5 Å². The molecule has 0 aliphatic heterocycles. The molecule has 64 valence electrons. The standard InChI is InChI=1S/C6H6NS5/c8-7-9-10-11-12(7)6-4-2-1-3-5-6/h1-5,8H/q+1. The van der Waals surface area contributed by atoms with E-state index in [1.165, 1.54) is 4.90 Å². The van der Waals surface area contributed by atoms with Crippen LogP contribution in [0, 0.1) is 0 Å². The number of rotatable bonds is 1. The first-order valence-corrected chi connectivity index (χ1v) is 8.72. The fourth-order valence-electron chi connectivity index (χ4n) is 0.785. The molecular weight excluding hydrogens is 246 g/mol. The Balaban J connectivity index is 2.51. The first-order chi connectivity index (χ1) is 5.88. The normalized spacial score (nSPS) is 11.6. The highest BCUT2D eigenvalue weighted by Crippen LogP contribution is 2.41. The zero-order valence-corrected chi connectivity index (χ0v) is 10.1. The van der Waals surface area contributed by atoms with Crippen molar-refractivity contribution >= 4 is 51.7 Å². The van der Waals surface area contributed by atoms with Crippen molar-refractivity contribution in [2.75, 3.05) is 0 Å². The molecule has 2 aromatic rings. The molecule has 0 spiro atoms. The molecule has 1 aromatic carbocycles. The van der Waals surface area contributed by atoms with E-state index in [9.17, 15) is 0 Å². The van der Waals surface area contributed by atoms with E-state index < -0.39 is 0 Å². The predicted molar refractivity (Wildman–Crippen MR) is 63.9 cm³/mol. The summed E-state index contributed by atoms with van der Waals surface area (Å²) in [6.45, 7) is 0. The summed E-state index contributed by atoms with van der Waals surface area (Å²) >= 11 is 4.37. The van der Waals surface area contributed by atoms with Crippen LogP contribution in [-0.2, 0) is 0 Å². The van der Waals surface area contributed by atoms with Gasteiger partial charge in [-0.1, -0.05) is 21.0 Å². The lowest BCUT2D eigenvalue weighted by atomic mass is 10.4. The quantitative estimate of drug-likeness (QED) is 0.440. The van der Waals surface area contributed by atoms with Crippen molar-refractivity contribution in [2.45, 2.75) is 0 Å². The highest BCUT2D eigenvalue weighted by molar-refractivity contribution is 8.17. The van der Waals surface area contributed by atoms with Crippen molar-refractivity contribution in [3.8, 4) is 4.90 Å². The molecular formula is C6H6NS5+. The summed E-state index contributed by atoms with van der Waals surface area (Å²) in [6.07, 6.45) is 0. The van der Waals surface area contributed by atoms with Gasteiger partial charge in [-0.15, -0.1) is 0 Å². The van der Waals surface area contributed by atoms with Gasteiger partial charge in [0.05, 0.1) is 9.67 Å². The summed E-state index contributed by atoms with van der Waals surface area (Å²) in [5, 5.41) is 0. The second-order valence-corrected chi connectivity index (χ2v) is 9.96. The molecule has 1 aromatic heterocycles. The molecule has 1 unspecified atom stereocenters. The average Bonchev–Trinajstić information content (AvgIpc) is 2.53. The Bertz CT molecular complexity index is 370. The van der Waals surface area contributed by atoms with Crippen molar-refractivity contribution in [3.63, 3.8) is 0 Å². The summed E-state index contributed by atoms with van der Waals surface area (Å²) in [7, 11) is 5.44. The Morgan fingerprint density at radius 1 is 1.25 bits per heavy atom. The number of aromatic nitrogens is 1. The Hall–Kier alpha value is 0.250. The average molecular weight is 252 g/mol. The molecule has 0 N–H and O–H groups in total. The molecule has 1 nitrogen and oxygen atoms in total. The number of hydrogen-bond donors (Lipinski definition) is 1. The fraction of sp³-hybridized carbons (Fsp3) is 0. The van der Waals surface area contributed by atoms with E-state index in [0.29, 0.717) is 0 Å². The summed E-state index contributed by atoms with van der Waals surface area (Å²) in [5.41, 5.74) is 0. The first kappa shape index (κ1) is 8.83. The molecule has 0 aliphatic carbocycles. The Morgan fingerprint density at radius 2 is 2.00 bits per heavy atom.